The van der Waals surface area contributed by atoms with Crippen LogP contribution in [0.1, 0.15) is 146 Å². The van der Waals surface area contributed by atoms with Crippen molar-refractivity contribution >= 4 is 32.0 Å². The van der Waals surface area contributed by atoms with Crippen molar-refractivity contribution in [3.05, 3.63) is 0 Å². The molecule has 1 fully saturated rings. The van der Waals surface area contributed by atoms with Crippen LogP contribution in [0.3, 0.4) is 0 Å². The number of carbonyl (C=O) groups is 4. The van der Waals surface area contributed by atoms with Gasteiger partial charge in [0.15, 0.2) is 14.4 Å². The van der Waals surface area contributed by atoms with Gasteiger partial charge in [-0.25, -0.2) is 4.79 Å². The zero-order valence-corrected chi connectivity index (χ0v) is 35.1. The summed E-state index contributed by atoms with van der Waals surface area (Å²) in [4.78, 5) is 55.0. The molecule has 9 atom stereocenters. The van der Waals surface area contributed by atoms with Gasteiger partial charge in [0, 0.05) is 5.92 Å². The summed E-state index contributed by atoms with van der Waals surface area (Å²) in [6, 6.07) is -3.71. The summed E-state index contributed by atoms with van der Waals surface area (Å²) in [6.07, 6.45) is 9.04. The fraction of sp³-hybridized carbons (Fsp3) is 0.897. The summed E-state index contributed by atoms with van der Waals surface area (Å²) in [5, 5.41) is 30.2. The van der Waals surface area contributed by atoms with Crippen LogP contribution in [0.15, 0.2) is 0 Å². The molecule has 12 heteroatoms. The van der Waals surface area contributed by atoms with Crippen molar-refractivity contribution in [2.24, 2.45) is 17.8 Å². The third kappa shape index (κ3) is 15.5. The molecule has 0 bridgehead atoms. The highest BCUT2D eigenvalue weighted by Crippen LogP contribution is 2.37. The molecule has 0 aromatic carbocycles. The van der Waals surface area contributed by atoms with Gasteiger partial charge in [0.05, 0.1) is 24.2 Å². The van der Waals surface area contributed by atoms with Crippen molar-refractivity contribution in [3.63, 3.8) is 0 Å². The lowest BCUT2D eigenvalue weighted by Crippen LogP contribution is -2.63. The van der Waals surface area contributed by atoms with Gasteiger partial charge in [-0.15, -0.1) is 0 Å². The normalized spacial score (nSPS) is 27.5. The number of ether oxygens (including phenoxy) is 1. The Hall–Kier alpha value is -2.02. The molecular weight excluding hydrogens is 667 g/mol. The maximum atomic E-state index is 14.0. The fourth-order valence-corrected chi connectivity index (χ4v) is 7.70. The molecule has 1 heterocycles. The molecule has 1 rings (SSSR count). The highest BCUT2D eigenvalue weighted by atomic mass is 28.4. The molecule has 0 aromatic heterocycles. The lowest BCUT2D eigenvalue weighted by atomic mass is 9.86. The lowest BCUT2D eigenvalue weighted by molar-refractivity contribution is -0.162. The predicted octanol–water partition coefficient (Wildman–Crippen LogP) is 6.15. The minimum absolute atomic E-state index is 0.196. The first-order chi connectivity index (χ1) is 23.7. The van der Waals surface area contributed by atoms with Crippen LogP contribution in [0, 0.1) is 17.8 Å². The fourth-order valence-electron chi connectivity index (χ4n) is 6.28. The molecule has 0 radical (unpaired) electrons. The van der Waals surface area contributed by atoms with Crippen LogP contribution >= 0.6 is 0 Å². The second-order valence-electron chi connectivity index (χ2n) is 17.0. The Balaban J connectivity index is 3.35. The van der Waals surface area contributed by atoms with E-state index in [-0.39, 0.29) is 11.0 Å². The molecule has 0 aromatic rings. The van der Waals surface area contributed by atoms with Crippen LogP contribution in [0.4, 0.5) is 0 Å². The summed E-state index contributed by atoms with van der Waals surface area (Å²) >= 11 is 0. The molecular formula is C39H75N3O8Si. The van der Waals surface area contributed by atoms with Gasteiger partial charge < -0.3 is 35.3 Å². The number of aliphatic hydroxyl groups is 2. The summed E-state index contributed by atoms with van der Waals surface area (Å²) in [5.74, 6) is -4.61. The summed E-state index contributed by atoms with van der Waals surface area (Å²) in [6.45, 7) is 22.5. The van der Waals surface area contributed by atoms with Gasteiger partial charge in [-0.2, -0.15) is 0 Å². The van der Waals surface area contributed by atoms with Gasteiger partial charge in [-0.3, -0.25) is 14.4 Å². The Morgan fingerprint density at radius 1 is 0.745 bits per heavy atom. The maximum absolute atomic E-state index is 14.0. The first-order valence-corrected chi connectivity index (χ1v) is 22.7. The number of nitrogens with one attached hydrogen (secondary N) is 3. The first-order valence-electron chi connectivity index (χ1n) is 19.8. The molecule has 0 unspecified atom stereocenters. The van der Waals surface area contributed by atoms with Crippen molar-refractivity contribution < 1.29 is 38.6 Å². The highest BCUT2D eigenvalue weighted by molar-refractivity contribution is 6.74. The number of rotatable bonds is 17. The molecule has 0 spiro atoms. The van der Waals surface area contributed by atoms with Crippen LogP contribution < -0.4 is 16.0 Å². The van der Waals surface area contributed by atoms with Gasteiger partial charge >= 0.3 is 5.97 Å². The van der Waals surface area contributed by atoms with Crippen LogP contribution in [0.2, 0.25) is 18.1 Å². The second kappa shape index (κ2) is 22.3. The van der Waals surface area contributed by atoms with Gasteiger partial charge in [0.1, 0.15) is 18.2 Å². The smallest absolute Gasteiger partial charge is 0.331 e. The minimum atomic E-state index is -2.43. The molecule has 51 heavy (non-hydrogen) atoms. The highest BCUT2D eigenvalue weighted by Gasteiger charge is 2.44. The van der Waals surface area contributed by atoms with E-state index in [1.165, 1.54) is 51.9 Å². The van der Waals surface area contributed by atoms with Crippen molar-refractivity contribution in [2.45, 2.75) is 207 Å². The van der Waals surface area contributed by atoms with Crippen molar-refractivity contribution in [1.29, 1.82) is 0 Å². The average Bonchev–Trinajstić information content (AvgIpc) is 3.03. The monoisotopic (exact) mass is 742 g/mol. The van der Waals surface area contributed by atoms with E-state index in [4.69, 9.17) is 9.16 Å². The van der Waals surface area contributed by atoms with Crippen molar-refractivity contribution in [2.75, 3.05) is 0 Å². The van der Waals surface area contributed by atoms with E-state index in [1.54, 1.807) is 34.6 Å². The zero-order chi connectivity index (χ0) is 39.1. The number of cyclic esters (lactones) is 1. The standard InChI is InChI=1S/C39H75N3O8Si/c1-13-14-15-16-17-18-19-20-21-22-23-24-30-26(4)34(44)27(5)35(45)40-31(25(2)3)36(46)42-33(29(7)50-51(11,12)39(8,9)10)37(47)41-32(28(6)43)38(48)49-30/h25-34,43-44H,13-24H2,1-12H3,(H,40,45)(H,41,47)(H,42,46)/t26-,27+,28+,29+,30+,31-,32-,33-,34+/m0/s1. The van der Waals surface area contributed by atoms with Gasteiger partial charge in [0.2, 0.25) is 17.7 Å². The molecule has 5 N–H and O–H groups in total. The molecule has 0 aliphatic carbocycles. The Bertz CT molecular complexity index is 1080. The zero-order valence-electron chi connectivity index (χ0n) is 34.1. The Kier molecular flexibility index (Phi) is 20.5. The number of hydrogen-bond acceptors (Lipinski definition) is 8. The Morgan fingerprint density at radius 2 is 1.20 bits per heavy atom. The maximum Gasteiger partial charge on any atom is 0.331 e. The lowest BCUT2D eigenvalue weighted by Gasteiger charge is -2.40. The number of hydrogen-bond donors (Lipinski definition) is 5. The van der Waals surface area contributed by atoms with E-state index in [0.29, 0.717) is 6.42 Å². The number of unbranched alkanes of at least 4 members (excludes halogenated alkanes) is 10. The molecule has 11 nitrogen and oxygen atoms in total. The third-order valence-electron chi connectivity index (χ3n) is 11.0. The number of carbonyl (C=O) groups excluding carboxylic acids is 4. The average molecular weight is 742 g/mol. The topological polar surface area (TPSA) is 163 Å². The Labute approximate surface area is 310 Å². The molecule has 298 valence electrons. The summed E-state index contributed by atoms with van der Waals surface area (Å²) < 4.78 is 12.5. The minimum Gasteiger partial charge on any atom is -0.460 e. The van der Waals surface area contributed by atoms with Crippen LogP contribution in [0.25, 0.3) is 0 Å². The van der Waals surface area contributed by atoms with Crippen LogP contribution in [-0.4, -0.2) is 84.8 Å². The van der Waals surface area contributed by atoms with E-state index in [0.717, 1.165) is 25.7 Å². The van der Waals surface area contributed by atoms with Crippen LogP contribution in [-0.2, 0) is 28.3 Å². The summed E-state index contributed by atoms with van der Waals surface area (Å²) in [5.41, 5.74) is 0. The number of aliphatic hydroxyl groups excluding tert-OH is 2. The molecule has 1 aliphatic heterocycles. The quantitative estimate of drug-likeness (QED) is 0.0674. The molecule has 1 saturated heterocycles. The SMILES string of the molecule is CCCCCCCCCCCCC[C@H]1OC(=O)[C@H]([C@@H](C)O)NC(=O)[C@H]([C@@H](C)O[Si](C)(C)C(C)(C)C)NC(=O)[C@H](C(C)C)NC(=O)[C@H](C)[C@H](O)[C@H]1C. The van der Waals surface area contributed by atoms with Gasteiger partial charge in [0.25, 0.3) is 0 Å². The van der Waals surface area contributed by atoms with E-state index >= 15 is 0 Å². The third-order valence-corrected chi connectivity index (χ3v) is 15.6. The summed E-state index contributed by atoms with van der Waals surface area (Å²) in [7, 11) is -2.43. The van der Waals surface area contributed by atoms with E-state index in [1.807, 2.05) is 13.1 Å². The predicted molar refractivity (Wildman–Crippen MR) is 205 cm³/mol. The van der Waals surface area contributed by atoms with Crippen molar-refractivity contribution in [3.8, 4) is 0 Å². The largest absolute Gasteiger partial charge is 0.460 e. The first kappa shape index (κ1) is 47.0. The number of esters is 1. The van der Waals surface area contributed by atoms with E-state index < -0.39 is 86.4 Å². The van der Waals surface area contributed by atoms with E-state index in [2.05, 4.69) is 43.6 Å². The molecule has 0 saturated carbocycles. The molecule has 3 amide bonds. The second-order valence-corrected chi connectivity index (χ2v) is 21.7. The van der Waals surface area contributed by atoms with Crippen molar-refractivity contribution in [1.82, 2.24) is 16.0 Å². The van der Waals surface area contributed by atoms with Gasteiger partial charge in [-0.05, 0) is 50.7 Å². The van der Waals surface area contributed by atoms with Gasteiger partial charge in [-0.1, -0.05) is 120 Å². The number of amides is 3. The van der Waals surface area contributed by atoms with Crippen LogP contribution in [0.5, 0.6) is 0 Å². The van der Waals surface area contributed by atoms with E-state index in [9.17, 15) is 29.4 Å². The molecule has 1 aliphatic rings. The Morgan fingerprint density at radius 3 is 1.67 bits per heavy atom.